The van der Waals surface area contributed by atoms with Gasteiger partial charge in [-0.3, -0.25) is 4.99 Å². The molecule has 0 aliphatic heterocycles. The second kappa shape index (κ2) is 9.22. The lowest BCUT2D eigenvalue weighted by atomic mass is 10.3. The first kappa shape index (κ1) is 20.3. The Bertz CT molecular complexity index is 1180. The Balaban J connectivity index is 1.52. The van der Waals surface area contributed by atoms with Crippen molar-refractivity contribution in [3.8, 4) is 28.7 Å². The molecular formula is C26H24N2O3. The quantitative estimate of drug-likeness (QED) is 0.332. The first-order valence-corrected chi connectivity index (χ1v) is 9.96. The number of aryl methyl sites for hydroxylation is 1. The van der Waals surface area contributed by atoms with Crippen LogP contribution in [0, 0.1) is 6.92 Å². The number of aliphatic imine (C=N–C) groups is 1. The van der Waals surface area contributed by atoms with Gasteiger partial charge in [0.15, 0.2) is 11.5 Å². The van der Waals surface area contributed by atoms with Crippen molar-refractivity contribution in [2.45, 2.75) is 6.92 Å². The Labute approximate surface area is 182 Å². The van der Waals surface area contributed by atoms with Crippen LogP contribution in [-0.2, 0) is 0 Å². The van der Waals surface area contributed by atoms with Crippen LogP contribution in [0.4, 0.5) is 5.69 Å². The molecule has 1 aromatic heterocycles. The molecule has 0 amide bonds. The molecule has 0 aliphatic carbocycles. The van der Waals surface area contributed by atoms with E-state index in [-0.39, 0.29) is 0 Å². The Morgan fingerprint density at radius 1 is 0.710 bits per heavy atom. The highest BCUT2D eigenvalue weighted by molar-refractivity contribution is 5.81. The third kappa shape index (κ3) is 4.61. The van der Waals surface area contributed by atoms with E-state index in [9.17, 15) is 0 Å². The Morgan fingerprint density at radius 3 is 2.06 bits per heavy atom. The van der Waals surface area contributed by atoms with Gasteiger partial charge in [-0.15, -0.1) is 0 Å². The molecular weight excluding hydrogens is 388 g/mol. The molecule has 4 rings (SSSR count). The number of hydrogen-bond acceptors (Lipinski definition) is 4. The number of methoxy groups -OCH3 is 2. The molecule has 0 spiro atoms. The fourth-order valence-corrected chi connectivity index (χ4v) is 3.31. The predicted molar refractivity (Wildman–Crippen MR) is 124 cm³/mol. The molecule has 31 heavy (non-hydrogen) atoms. The molecule has 4 aromatic rings. The third-order valence-corrected chi connectivity index (χ3v) is 4.92. The fraction of sp³-hybridized carbons (Fsp3) is 0.115. The number of rotatable bonds is 7. The molecule has 0 bridgehead atoms. The van der Waals surface area contributed by atoms with Gasteiger partial charge in [0.2, 0.25) is 0 Å². The maximum absolute atomic E-state index is 5.93. The highest BCUT2D eigenvalue weighted by atomic mass is 16.5. The van der Waals surface area contributed by atoms with E-state index in [2.05, 4.69) is 28.6 Å². The van der Waals surface area contributed by atoms with E-state index in [0.717, 1.165) is 34.3 Å². The van der Waals surface area contributed by atoms with E-state index in [1.165, 1.54) is 0 Å². The smallest absolute Gasteiger partial charge is 0.169 e. The number of para-hydroxylation sites is 2. The van der Waals surface area contributed by atoms with Crippen molar-refractivity contribution in [2.24, 2.45) is 4.99 Å². The molecule has 5 nitrogen and oxygen atoms in total. The zero-order valence-corrected chi connectivity index (χ0v) is 17.8. The van der Waals surface area contributed by atoms with Gasteiger partial charge in [0.1, 0.15) is 11.5 Å². The van der Waals surface area contributed by atoms with Gasteiger partial charge in [-0.1, -0.05) is 12.1 Å². The summed E-state index contributed by atoms with van der Waals surface area (Å²) >= 11 is 0. The lowest BCUT2D eigenvalue weighted by Crippen LogP contribution is -2.01. The summed E-state index contributed by atoms with van der Waals surface area (Å²) < 4.78 is 18.7. The largest absolute Gasteiger partial charge is 0.497 e. The maximum atomic E-state index is 5.93. The summed E-state index contributed by atoms with van der Waals surface area (Å²) in [6.07, 6.45) is 1.87. The standard InChI is InChI=1S/C26H24N2O3/c1-19-8-11-22(28(19)21-12-16-23(29-2)17-13-21)18-27-20-9-14-24(15-10-20)31-26-7-5-4-6-25(26)30-3/h4-18H,1-3H3. The Morgan fingerprint density at radius 2 is 1.39 bits per heavy atom. The maximum Gasteiger partial charge on any atom is 0.169 e. The molecule has 0 atom stereocenters. The summed E-state index contributed by atoms with van der Waals surface area (Å²) in [7, 11) is 3.30. The van der Waals surface area contributed by atoms with Crippen molar-refractivity contribution in [2.75, 3.05) is 14.2 Å². The average Bonchev–Trinajstić information content (AvgIpc) is 3.19. The van der Waals surface area contributed by atoms with Gasteiger partial charge in [-0.05, 0) is 79.7 Å². The van der Waals surface area contributed by atoms with Crippen LogP contribution in [0.25, 0.3) is 5.69 Å². The summed E-state index contributed by atoms with van der Waals surface area (Å²) in [5, 5.41) is 0. The van der Waals surface area contributed by atoms with Crippen LogP contribution in [0.3, 0.4) is 0 Å². The molecule has 1 heterocycles. The van der Waals surface area contributed by atoms with E-state index in [1.54, 1.807) is 14.2 Å². The van der Waals surface area contributed by atoms with E-state index in [0.29, 0.717) is 11.5 Å². The van der Waals surface area contributed by atoms with Gasteiger partial charge in [-0.2, -0.15) is 0 Å². The molecule has 0 aliphatic rings. The number of aromatic nitrogens is 1. The summed E-state index contributed by atoms with van der Waals surface area (Å²) in [4.78, 5) is 4.64. The van der Waals surface area contributed by atoms with Crippen molar-refractivity contribution in [1.29, 1.82) is 0 Å². The molecule has 3 aromatic carbocycles. The third-order valence-electron chi connectivity index (χ3n) is 4.92. The number of nitrogens with zero attached hydrogens (tertiary/aromatic N) is 2. The SMILES string of the molecule is COc1ccc(-n2c(C)ccc2C=Nc2ccc(Oc3ccccc3OC)cc2)cc1. The van der Waals surface area contributed by atoms with Gasteiger partial charge in [0, 0.05) is 11.4 Å². The van der Waals surface area contributed by atoms with Crippen LogP contribution in [0.15, 0.2) is 89.9 Å². The van der Waals surface area contributed by atoms with Crippen molar-refractivity contribution < 1.29 is 14.2 Å². The molecule has 0 fully saturated rings. The van der Waals surface area contributed by atoms with E-state index in [1.807, 2.05) is 79.0 Å². The highest BCUT2D eigenvalue weighted by Gasteiger charge is 2.07. The van der Waals surface area contributed by atoms with Gasteiger partial charge < -0.3 is 18.8 Å². The van der Waals surface area contributed by atoms with Crippen molar-refractivity contribution in [1.82, 2.24) is 4.57 Å². The van der Waals surface area contributed by atoms with E-state index in [4.69, 9.17) is 14.2 Å². The molecule has 5 heteroatoms. The molecule has 0 saturated carbocycles. The minimum Gasteiger partial charge on any atom is -0.497 e. The van der Waals surface area contributed by atoms with Crippen molar-refractivity contribution in [3.63, 3.8) is 0 Å². The van der Waals surface area contributed by atoms with Crippen molar-refractivity contribution in [3.05, 3.63) is 96.3 Å². The molecule has 0 saturated heterocycles. The zero-order chi connectivity index (χ0) is 21.6. The molecule has 0 unspecified atom stereocenters. The topological polar surface area (TPSA) is 45.0 Å². The van der Waals surface area contributed by atoms with E-state index >= 15 is 0 Å². The van der Waals surface area contributed by atoms with Crippen LogP contribution in [0.1, 0.15) is 11.4 Å². The lowest BCUT2D eigenvalue weighted by Gasteiger charge is -2.10. The number of hydrogen-bond donors (Lipinski definition) is 0. The first-order valence-electron chi connectivity index (χ1n) is 9.96. The van der Waals surface area contributed by atoms with Crippen LogP contribution in [-0.4, -0.2) is 25.0 Å². The van der Waals surface area contributed by atoms with Crippen LogP contribution in [0.2, 0.25) is 0 Å². The summed E-state index contributed by atoms with van der Waals surface area (Å²) in [6, 6.07) is 27.3. The minimum atomic E-state index is 0.675. The second-order valence-corrected chi connectivity index (χ2v) is 6.94. The Hall–Kier alpha value is -3.99. The van der Waals surface area contributed by atoms with Crippen LogP contribution in [0.5, 0.6) is 23.0 Å². The minimum absolute atomic E-state index is 0.675. The molecule has 156 valence electrons. The second-order valence-electron chi connectivity index (χ2n) is 6.94. The summed E-state index contributed by atoms with van der Waals surface area (Å²) in [5.41, 5.74) is 4.03. The summed E-state index contributed by atoms with van der Waals surface area (Å²) in [6.45, 7) is 2.07. The normalized spacial score (nSPS) is 10.9. The van der Waals surface area contributed by atoms with Gasteiger partial charge in [-0.25, -0.2) is 0 Å². The van der Waals surface area contributed by atoms with E-state index < -0.39 is 0 Å². The average molecular weight is 412 g/mol. The van der Waals surface area contributed by atoms with Crippen molar-refractivity contribution >= 4 is 11.9 Å². The fourth-order valence-electron chi connectivity index (χ4n) is 3.31. The zero-order valence-electron chi connectivity index (χ0n) is 17.8. The lowest BCUT2D eigenvalue weighted by molar-refractivity contribution is 0.379. The number of benzene rings is 3. The van der Waals surface area contributed by atoms with Gasteiger partial charge in [0.05, 0.1) is 31.8 Å². The monoisotopic (exact) mass is 412 g/mol. The van der Waals surface area contributed by atoms with Gasteiger partial charge in [0.25, 0.3) is 0 Å². The first-order chi connectivity index (χ1) is 15.2. The van der Waals surface area contributed by atoms with Crippen LogP contribution < -0.4 is 14.2 Å². The highest BCUT2D eigenvalue weighted by Crippen LogP contribution is 2.31. The molecule has 0 N–H and O–H groups in total. The predicted octanol–water partition coefficient (Wildman–Crippen LogP) is 6.35. The van der Waals surface area contributed by atoms with Crippen LogP contribution >= 0.6 is 0 Å². The Kier molecular flexibility index (Phi) is 6.03. The molecule has 0 radical (unpaired) electrons. The summed E-state index contributed by atoms with van der Waals surface area (Å²) in [5.74, 6) is 2.92. The van der Waals surface area contributed by atoms with Gasteiger partial charge >= 0.3 is 0 Å². The number of ether oxygens (including phenoxy) is 3.